The van der Waals surface area contributed by atoms with Crippen LogP contribution in [0.25, 0.3) is 10.9 Å². The first kappa shape index (κ1) is 30.3. The Morgan fingerprint density at radius 2 is 1.81 bits per heavy atom. The molecule has 2 heterocycles. The van der Waals surface area contributed by atoms with E-state index in [2.05, 4.69) is 70.1 Å². The number of hydrogen-bond acceptors (Lipinski definition) is 7. The summed E-state index contributed by atoms with van der Waals surface area (Å²) in [5.41, 5.74) is 4.08. The van der Waals surface area contributed by atoms with Crippen molar-refractivity contribution in [3.63, 3.8) is 0 Å². The monoisotopic (exact) mass is 592 g/mol. The van der Waals surface area contributed by atoms with Crippen LogP contribution in [0.3, 0.4) is 0 Å². The van der Waals surface area contributed by atoms with Crippen molar-refractivity contribution in [2.45, 2.75) is 63.1 Å². The lowest BCUT2D eigenvalue weighted by molar-refractivity contribution is 0.00791. The molecule has 1 aliphatic carbocycles. The Bertz CT molecular complexity index is 1540. The van der Waals surface area contributed by atoms with Gasteiger partial charge >= 0.3 is 0 Å². The highest BCUT2D eigenvalue weighted by molar-refractivity contribution is 7.90. The van der Waals surface area contributed by atoms with Gasteiger partial charge in [-0.2, -0.15) is 0 Å². The molecule has 1 saturated heterocycles. The Kier molecular flexibility index (Phi) is 9.67. The zero-order chi connectivity index (χ0) is 29.7. The Morgan fingerprint density at radius 1 is 1.05 bits per heavy atom. The van der Waals surface area contributed by atoms with E-state index >= 15 is 0 Å². The van der Waals surface area contributed by atoms with Gasteiger partial charge in [0.05, 0.1) is 48.7 Å². The molecule has 0 spiro atoms. The van der Waals surface area contributed by atoms with Crippen LogP contribution in [0.2, 0.25) is 0 Å². The van der Waals surface area contributed by atoms with Crippen LogP contribution in [0.1, 0.15) is 45.2 Å². The van der Waals surface area contributed by atoms with Gasteiger partial charge in [-0.05, 0) is 67.9 Å². The van der Waals surface area contributed by atoms with Gasteiger partial charge in [0.1, 0.15) is 5.75 Å². The molecular formula is C33H44N4O4S. The van der Waals surface area contributed by atoms with E-state index in [1.54, 1.807) is 12.1 Å². The maximum absolute atomic E-state index is 11.9. The molecule has 1 saturated carbocycles. The van der Waals surface area contributed by atoms with Gasteiger partial charge in [-0.3, -0.25) is 4.90 Å². The van der Waals surface area contributed by atoms with Gasteiger partial charge in [0.25, 0.3) is 0 Å². The summed E-state index contributed by atoms with van der Waals surface area (Å²) in [5, 5.41) is 8.37. The summed E-state index contributed by atoms with van der Waals surface area (Å²) in [7, 11) is -1.78. The van der Waals surface area contributed by atoms with Gasteiger partial charge in [-0.1, -0.05) is 25.8 Å². The lowest BCUT2D eigenvalue weighted by atomic mass is 9.89. The topological polar surface area (TPSA) is 84.8 Å². The molecule has 0 unspecified atom stereocenters. The fourth-order valence-corrected chi connectivity index (χ4v) is 6.78. The van der Waals surface area contributed by atoms with Gasteiger partial charge in [0, 0.05) is 55.1 Å². The van der Waals surface area contributed by atoms with Gasteiger partial charge < -0.3 is 24.7 Å². The maximum atomic E-state index is 11.9. The Morgan fingerprint density at radius 3 is 2.50 bits per heavy atom. The molecule has 9 heteroatoms. The summed E-state index contributed by atoms with van der Waals surface area (Å²) in [6.45, 7) is 9.59. The quantitative estimate of drug-likeness (QED) is 0.329. The molecule has 226 valence electrons. The van der Waals surface area contributed by atoms with Gasteiger partial charge in [-0.25, -0.2) is 8.42 Å². The fourth-order valence-electron chi connectivity index (χ4n) is 6.15. The molecule has 5 rings (SSSR count). The second-order valence-corrected chi connectivity index (χ2v) is 13.9. The van der Waals surface area contributed by atoms with Crippen molar-refractivity contribution in [2.75, 3.05) is 56.8 Å². The summed E-state index contributed by atoms with van der Waals surface area (Å²) in [6.07, 6.45) is 6.01. The van der Waals surface area contributed by atoms with Crippen LogP contribution in [0.15, 0.2) is 47.4 Å². The van der Waals surface area contributed by atoms with Crippen molar-refractivity contribution >= 4 is 32.1 Å². The number of benzene rings is 2. The number of nitrogens with one attached hydrogen (secondary N) is 2. The van der Waals surface area contributed by atoms with Crippen molar-refractivity contribution in [3.8, 4) is 17.6 Å². The number of hydrogen-bond donors (Lipinski definition) is 2. The number of anilines is 2. The van der Waals surface area contributed by atoms with Crippen LogP contribution >= 0.6 is 0 Å². The first-order valence-electron chi connectivity index (χ1n) is 15.0. The van der Waals surface area contributed by atoms with E-state index in [9.17, 15) is 8.42 Å². The highest BCUT2D eigenvalue weighted by Gasteiger charge is 2.27. The smallest absolute Gasteiger partial charge is 0.175 e. The first-order chi connectivity index (χ1) is 20.2. The summed E-state index contributed by atoms with van der Waals surface area (Å²) < 4.78 is 37.1. The molecule has 2 N–H and O–H groups in total. The molecule has 0 amide bonds. The van der Waals surface area contributed by atoms with Crippen LogP contribution in [0.4, 0.5) is 11.4 Å². The Balaban J connectivity index is 1.30. The molecule has 8 nitrogen and oxygen atoms in total. The van der Waals surface area contributed by atoms with Crippen molar-refractivity contribution in [2.24, 2.45) is 5.92 Å². The second-order valence-electron chi connectivity index (χ2n) is 11.9. The highest BCUT2D eigenvalue weighted by Crippen LogP contribution is 2.32. The maximum Gasteiger partial charge on any atom is 0.175 e. The normalized spacial score (nSPS) is 19.8. The van der Waals surface area contributed by atoms with Gasteiger partial charge in [0.2, 0.25) is 0 Å². The van der Waals surface area contributed by atoms with Crippen LogP contribution in [-0.2, 0) is 21.1 Å². The largest absolute Gasteiger partial charge is 0.495 e. The molecule has 1 aromatic heterocycles. The van der Waals surface area contributed by atoms with Crippen molar-refractivity contribution in [3.05, 3.63) is 48.2 Å². The van der Waals surface area contributed by atoms with E-state index in [4.69, 9.17) is 9.47 Å². The number of ether oxygens (including phenoxy) is 2. The average molecular weight is 593 g/mol. The van der Waals surface area contributed by atoms with Gasteiger partial charge in [0.15, 0.2) is 9.84 Å². The van der Waals surface area contributed by atoms with Crippen molar-refractivity contribution < 1.29 is 17.9 Å². The molecule has 0 bridgehead atoms. The van der Waals surface area contributed by atoms with Gasteiger partial charge in [-0.15, -0.1) is 0 Å². The molecule has 1 aliphatic heterocycles. The highest BCUT2D eigenvalue weighted by atomic mass is 32.2. The minimum absolute atomic E-state index is 0.226. The third-order valence-electron chi connectivity index (χ3n) is 8.30. The van der Waals surface area contributed by atoms with E-state index in [1.165, 1.54) is 61.7 Å². The van der Waals surface area contributed by atoms with E-state index in [0.717, 1.165) is 38.5 Å². The molecule has 2 fully saturated rings. The molecule has 42 heavy (non-hydrogen) atoms. The van der Waals surface area contributed by atoms with Crippen LogP contribution in [0.5, 0.6) is 5.75 Å². The van der Waals surface area contributed by atoms with E-state index < -0.39 is 9.84 Å². The van der Waals surface area contributed by atoms with Crippen molar-refractivity contribution in [1.82, 2.24) is 9.47 Å². The zero-order valence-corrected chi connectivity index (χ0v) is 26.1. The summed E-state index contributed by atoms with van der Waals surface area (Å²) in [6, 6.07) is 14.7. The summed E-state index contributed by atoms with van der Waals surface area (Å²) in [5.74, 6) is 7.61. The molecule has 2 aliphatic rings. The standard InChI is InChI=1S/C33H44N4O4S/c1-24(2)23-37-27(7-6-16-34-31-15-14-28(42(4,38)39)22-33(31)40-3)21-29-30(8-5-9-32(29)37)35-25-10-12-26(13-11-25)36-17-19-41-20-18-36/h5,8-9,14-15,21-22,24-26,34-35H,10-13,16-20,23H2,1-4H3/t25-,26-. The predicted octanol–water partition coefficient (Wildman–Crippen LogP) is 5.23. The number of nitrogens with zero attached hydrogens (tertiary/aromatic N) is 2. The third-order valence-corrected chi connectivity index (χ3v) is 9.41. The Hall–Kier alpha value is -3.19. The lowest BCUT2D eigenvalue weighted by Gasteiger charge is -2.39. The number of morpholine rings is 1. The first-order valence-corrected chi connectivity index (χ1v) is 16.9. The number of rotatable bonds is 9. The third kappa shape index (κ3) is 7.23. The summed E-state index contributed by atoms with van der Waals surface area (Å²) >= 11 is 0. The van der Waals surface area contributed by atoms with Crippen LogP contribution in [0, 0.1) is 17.8 Å². The zero-order valence-electron chi connectivity index (χ0n) is 25.3. The predicted molar refractivity (Wildman–Crippen MR) is 170 cm³/mol. The second kappa shape index (κ2) is 13.4. The number of fused-ring (bicyclic) bond motifs is 1. The van der Waals surface area contributed by atoms with E-state index in [1.807, 2.05) is 0 Å². The molecule has 3 aromatic rings. The van der Waals surface area contributed by atoms with Crippen LogP contribution < -0.4 is 15.4 Å². The minimum Gasteiger partial charge on any atom is -0.495 e. The van der Waals surface area contributed by atoms with E-state index in [0.29, 0.717) is 36.0 Å². The van der Waals surface area contributed by atoms with Crippen LogP contribution in [-0.4, -0.2) is 76.2 Å². The molecule has 0 atom stereocenters. The lowest BCUT2D eigenvalue weighted by Crippen LogP contribution is -2.46. The SMILES string of the molecule is COc1cc(S(C)(=O)=O)ccc1NCC#Cc1cc2c(N[C@H]3CC[C@H](N4CCOCC4)CC3)cccc2n1CC(C)C. The fraction of sp³-hybridized carbons (Fsp3) is 0.515. The number of methoxy groups -OCH3 is 1. The minimum atomic E-state index is -3.31. The summed E-state index contributed by atoms with van der Waals surface area (Å²) in [4.78, 5) is 2.84. The molecule has 2 aromatic carbocycles. The molecular weight excluding hydrogens is 548 g/mol. The average Bonchev–Trinajstić information content (AvgIpc) is 3.33. The number of aromatic nitrogens is 1. The number of sulfone groups is 1. The molecule has 0 radical (unpaired) electrons. The van der Waals surface area contributed by atoms with Crippen molar-refractivity contribution in [1.29, 1.82) is 0 Å². The Labute approximate surface area is 250 Å². The van der Waals surface area contributed by atoms with E-state index in [-0.39, 0.29) is 4.90 Å².